The first-order valence-electron chi connectivity index (χ1n) is 17.6. The molecule has 11 heteroatoms. The van der Waals surface area contributed by atoms with Crippen molar-refractivity contribution < 1.29 is 33.1 Å². The van der Waals surface area contributed by atoms with Crippen molar-refractivity contribution in [2.75, 3.05) is 19.6 Å². The first kappa shape index (κ1) is 36.9. The van der Waals surface area contributed by atoms with Crippen LogP contribution in [0.15, 0.2) is 71.9 Å². The molecule has 3 aromatic carbocycles. The van der Waals surface area contributed by atoms with E-state index in [-0.39, 0.29) is 53.3 Å². The minimum atomic E-state index is -1.05. The third kappa shape index (κ3) is 7.82. The molecule has 0 N–H and O–H groups in total. The summed E-state index contributed by atoms with van der Waals surface area (Å²) in [5.41, 5.74) is 4.67. The lowest BCUT2D eigenvalue weighted by molar-refractivity contribution is -0.149. The number of hydrogen-bond acceptors (Lipinski definition) is 7. The molecule has 0 bridgehead atoms. The van der Waals surface area contributed by atoms with Crippen molar-refractivity contribution in [2.45, 2.75) is 78.0 Å². The number of ketones is 1. The molecule has 3 aliphatic heterocycles. The average molecular weight is 728 g/mol. The van der Waals surface area contributed by atoms with E-state index in [1.807, 2.05) is 36.9 Å². The third-order valence-corrected chi connectivity index (χ3v) is 9.84. The van der Waals surface area contributed by atoms with Crippen LogP contribution in [-0.4, -0.2) is 70.4 Å². The van der Waals surface area contributed by atoms with E-state index in [9.17, 15) is 23.6 Å². The number of halogens is 2. The fourth-order valence-electron chi connectivity index (χ4n) is 7.01. The first-order valence-corrected chi connectivity index (χ1v) is 18.0. The van der Waals surface area contributed by atoms with Gasteiger partial charge in [-0.15, -0.1) is 0 Å². The molecule has 0 saturated heterocycles. The highest BCUT2D eigenvalue weighted by atomic mass is 35.5. The van der Waals surface area contributed by atoms with Gasteiger partial charge < -0.3 is 19.4 Å². The van der Waals surface area contributed by atoms with E-state index in [1.54, 1.807) is 56.0 Å². The highest BCUT2D eigenvalue weighted by Crippen LogP contribution is 2.38. The van der Waals surface area contributed by atoms with Gasteiger partial charge in [0, 0.05) is 44.0 Å². The van der Waals surface area contributed by atoms with Gasteiger partial charge in [0.25, 0.3) is 5.91 Å². The molecule has 0 aliphatic carbocycles. The van der Waals surface area contributed by atoms with Crippen molar-refractivity contribution in [3.63, 3.8) is 0 Å². The number of amides is 2. The molecule has 0 aromatic heterocycles. The average Bonchev–Trinajstić information content (AvgIpc) is 3.61. The van der Waals surface area contributed by atoms with Gasteiger partial charge in [0.1, 0.15) is 11.6 Å². The number of carbonyl (C=O) groups excluding carboxylic acids is 4. The maximum Gasteiger partial charge on any atom is 0.338 e. The Labute approximate surface area is 308 Å². The number of nitrogens with zero attached hydrogens (tertiary/aromatic N) is 3. The van der Waals surface area contributed by atoms with Crippen LogP contribution >= 0.6 is 11.6 Å². The second-order valence-corrected chi connectivity index (χ2v) is 15.2. The Morgan fingerprint density at radius 1 is 0.981 bits per heavy atom. The van der Waals surface area contributed by atoms with E-state index in [0.29, 0.717) is 37.1 Å². The zero-order valence-corrected chi connectivity index (χ0v) is 30.8. The fraction of sp³-hybridized carbons (Fsp3) is 0.390. The van der Waals surface area contributed by atoms with Crippen LogP contribution in [0.25, 0.3) is 5.57 Å². The SMILES string of the molecule is CC(C)C(=O)N1CC=C(c2cccc3c2CCN(C(=O)[C@H]2CC(c4cccc(Cl)c4F)=NO2)[C@@H]3C(=O)Cc2ccc(C(=O)OC(C)(C)C)cc2)CC1. The summed E-state index contributed by atoms with van der Waals surface area (Å²) in [6.07, 6.45) is 2.23. The summed E-state index contributed by atoms with van der Waals surface area (Å²) < 4.78 is 20.3. The van der Waals surface area contributed by atoms with E-state index in [2.05, 4.69) is 11.2 Å². The predicted molar refractivity (Wildman–Crippen MR) is 196 cm³/mol. The smallest absolute Gasteiger partial charge is 0.338 e. The quantitative estimate of drug-likeness (QED) is 0.229. The molecule has 3 heterocycles. The number of oxime groups is 1. The Balaban J connectivity index is 1.29. The molecule has 0 radical (unpaired) electrons. The first-order chi connectivity index (χ1) is 24.7. The van der Waals surface area contributed by atoms with Crippen LogP contribution in [0.5, 0.6) is 0 Å². The summed E-state index contributed by atoms with van der Waals surface area (Å²) >= 11 is 6.01. The van der Waals surface area contributed by atoms with Crippen molar-refractivity contribution in [1.82, 2.24) is 9.80 Å². The summed E-state index contributed by atoms with van der Waals surface area (Å²) in [4.78, 5) is 62.9. The van der Waals surface area contributed by atoms with Crippen LogP contribution in [0.4, 0.5) is 4.39 Å². The molecule has 3 aromatic rings. The van der Waals surface area contributed by atoms with Gasteiger partial charge in [0.15, 0.2) is 11.6 Å². The van der Waals surface area contributed by atoms with Crippen LogP contribution in [-0.2, 0) is 36.8 Å². The van der Waals surface area contributed by atoms with E-state index >= 15 is 0 Å². The van der Waals surface area contributed by atoms with Gasteiger partial charge >= 0.3 is 5.97 Å². The lowest BCUT2D eigenvalue weighted by Crippen LogP contribution is -2.48. The topological polar surface area (TPSA) is 106 Å². The van der Waals surface area contributed by atoms with Gasteiger partial charge in [0.2, 0.25) is 12.0 Å². The van der Waals surface area contributed by atoms with Gasteiger partial charge in [-0.1, -0.05) is 73.1 Å². The molecule has 2 atom stereocenters. The number of carbonyl (C=O) groups is 4. The van der Waals surface area contributed by atoms with E-state index < -0.39 is 35.4 Å². The Bertz CT molecular complexity index is 1970. The lowest BCUT2D eigenvalue weighted by Gasteiger charge is -2.38. The number of Topliss-reactive ketones (excluding diaryl/α,β-unsaturated/α-hetero) is 1. The van der Waals surface area contributed by atoms with Crippen LogP contribution in [0, 0.1) is 11.7 Å². The van der Waals surface area contributed by atoms with Gasteiger partial charge in [-0.2, -0.15) is 0 Å². The molecule has 6 rings (SSSR count). The molecule has 9 nitrogen and oxygen atoms in total. The van der Waals surface area contributed by atoms with Gasteiger partial charge in [-0.3, -0.25) is 14.4 Å². The van der Waals surface area contributed by atoms with Crippen LogP contribution in [0.2, 0.25) is 5.02 Å². The normalized spacial score (nSPS) is 18.7. The van der Waals surface area contributed by atoms with Crippen molar-refractivity contribution in [3.05, 3.63) is 111 Å². The van der Waals surface area contributed by atoms with Crippen molar-refractivity contribution >= 4 is 46.5 Å². The summed E-state index contributed by atoms with van der Waals surface area (Å²) in [6, 6.07) is 16.2. The van der Waals surface area contributed by atoms with Crippen molar-refractivity contribution in [2.24, 2.45) is 11.1 Å². The predicted octanol–water partition coefficient (Wildman–Crippen LogP) is 7.14. The van der Waals surface area contributed by atoms with Crippen LogP contribution < -0.4 is 0 Å². The van der Waals surface area contributed by atoms with Gasteiger partial charge in [-0.25, -0.2) is 9.18 Å². The Hall–Kier alpha value is -4.83. The number of esters is 1. The second-order valence-electron chi connectivity index (χ2n) is 14.8. The monoisotopic (exact) mass is 727 g/mol. The number of hydrogen-bond donors (Lipinski definition) is 0. The molecule has 3 aliphatic rings. The molecular formula is C41H43ClFN3O6. The summed E-state index contributed by atoms with van der Waals surface area (Å²) in [5.74, 6) is -1.70. The summed E-state index contributed by atoms with van der Waals surface area (Å²) in [5, 5.41) is 3.99. The van der Waals surface area contributed by atoms with Crippen molar-refractivity contribution in [3.8, 4) is 0 Å². The Morgan fingerprint density at radius 2 is 1.69 bits per heavy atom. The maximum atomic E-state index is 14.8. The number of benzene rings is 3. The fourth-order valence-corrected chi connectivity index (χ4v) is 7.18. The highest BCUT2D eigenvalue weighted by molar-refractivity contribution is 6.31. The summed E-state index contributed by atoms with van der Waals surface area (Å²) in [6.45, 7) is 10.6. The zero-order chi connectivity index (χ0) is 37.3. The number of ether oxygens (including phenoxy) is 1. The van der Waals surface area contributed by atoms with Gasteiger partial charge in [-0.05, 0) is 85.7 Å². The van der Waals surface area contributed by atoms with Crippen molar-refractivity contribution in [1.29, 1.82) is 0 Å². The number of fused-ring (bicyclic) bond motifs is 1. The molecule has 0 unspecified atom stereocenters. The van der Waals surface area contributed by atoms with Crippen LogP contribution in [0.3, 0.4) is 0 Å². The van der Waals surface area contributed by atoms with Gasteiger partial charge in [0.05, 0.1) is 16.3 Å². The van der Waals surface area contributed by atoms with E-state index in [0.717, 1.165) is 22.3 Å². The minimum Gasteiger partial charge on any atom is -0.456 e. The zero-order valence-electron chi connectivity index (χ0n) is 30.1. The maximum absolute atomic E-state index is 14.8. The molecule has 2 amide bonds. The Morgan fingerprint density at radius 3 is 2.37 bits per heavy atom. The second kappa shape index (κ2) is 15.0. The summed E-state index contributed by atoms with van der Waals surface area (Å²) in [7, 11) is 0. The van der Waals surface area contributed by atoms with E-state index in [4.69, 9.17) is 21.2 Å². The molecule has 0 spiro atoms. The third-order valence-electron chi connectivity index (χ3n) is 9.54. The minimum absolute atomic E-state index is 0.00266. The largest absolute Gasteiger partial charge is 0.456 e. The van der Waals surface area contributed by atoms with Crippen LogP contribution in [0.1, 0.15) is 91.7 Å². The number of rotatable bonds is 8. The molecule has 272 valence electrons. The molecule has 52 heavy (non-hydrogen) atoms. The standard InChI is InChI=1S/C41H43ClFN3O6/c1-24(2)38(48)45-19-16-26(17-20-45)28-8-6-9-30-29(28)18-21-46(39(49)35-23-33(44-52-35)31-10-7-11-32(42)36(31)43)37(30)34(47)22-25-12-14-27(15-13-25)40(50)51-41(3,4)5/h6-16,24,35,37H,17-23H2,1-5H3/t35-,37+/m1/s1. The Kier molecular flexibility index (Phi) is 10.7. The van der Waals surface area contributed by atoms with E-state index in [1.165, 1.54) is 12.1 Å². The lowest BCUT2D eigenvalue weighted by atomic mass is 9.82. The highest BCUT2D eigenvalue weighted by Gasteiger charge is 2.42. The molecule has 0 fully saturated rings. The molecular weight excluding hydrogens is 685 g/mol. The molecule has 0 saturated carbocycles.